The topological polar surface area (TPSA) is 93.9 Å². The second-order valence-electron chi connectivity index (χ2n) is 7.19. The van der Waals surface area contributed by atoms with Gasteiger partial charge in [0.15, 0.2) is 15.7 Å². The Labute approximate surface area is 156 Å². The first kappa shape index (κ1) is 18.1. The molecule has 1 saturated heterocycles. The zero-order valence-electron chi connectivity index (χ0n) is 14.8. The van der Waals surface area contributed by atoms with E-state index in [2.05, 4.69) is 15.5 Å². The molecule has 0 radical (unpaired) electrons. The summed E-state index contributed by atoms with van der Waals surface area (Å²) in [5, 5.41) is 11.1. The highest BCUT2D eigenvalue weighted by Crippen LogP contribution is 2.28. The number of sulfone groups is 1. The SMILES string of the molecule is O=C(Nc1ccc(F)c(-c2nnc3n2CCCCC3)c1)C1CCS(=O)(=O)C1. The van der Waals surface area contributed by atoms with Gasteiger partial charge >= 0.3 is 0 Å². The quantitative estimate of drug-likeness (QED) is 0.864. The van der Waals surface area contributed by atoms with Gasteiger partial charge in [0, 0.05) is 18.7 Å². The van der Waals surface area contributed by atoms with Gasteiger partial charge < -0.3 is 9.88 Å². The van der Waals surface area contributed by atoms with Gasteiger partial charge in [-0.1, -0.05) is 6.42 Å². The number of fused-ring (bicyclic) bond motifs is 1. The molecule has 1 unspecified atom stereocenters. The maximum Gasteiger partial charge on any atom is 0.228 e. The van der Waals surface area contributed by atoms with Crippen LogP contribution in [-0.2, 0) is 27.6 Å². The van der Waals surface area contributed by atoms with Crippen molar-refractivity contribution in [2.24, 2.45) is 5.92 Å². The number of aromatic nitrogens is 3. The van der Waals surface area contributed by atoms with Crippen molar-refractivity contribution in [2.45, 2.75) is 38.6 Å². The molecule has 3 heterocycles. The Hall–Kier alpha value is -2.29. The van der Waals surface area contributed by atoms with Crippen LogP contribution in [0.3, 0.4) is 0 Å². The molecule has 1 atom stereocenters. The van der Waals surface area contributed by atoms with Crippen molar-refractivity contribution < 1.29 is 17.6 Å². The van der Waals surface area contributed by atoms with Gasteiger partial charge in [0.05, 0.1) is 23.0 Å². The van der Waals surface area contributed by atoms with Crippen LogP contribution in [0.4, 0.5) is 10.1 Å². The molecule has 2 aliphatic heterocycles. The first-order valence-corrected chi connectivity index (χ1v) is 11.0. The highest BCUT2D eigenvalue weighted by molar-refractivity contribution is 7.91. The van der Waals surface area contributed by atoms with E-state index in [4.69, 9.17) is 0 Å². The number of benzene rings is 1. The first-order chi connectivity index (χ1) is 12.9. The van der Waals surface area contributed by atoms with Crippen molar-refractivity contribution in [1.82, 2.24) is 14.8 Å². The summed E-state index contributed by atoms with van der Waals surface area (Å²) >= 11 is 0. The number of aryl methyl sites for hydroxylation is 1. The molecule has 1 fully saturated rings. The summed E-state index contributed by atoms with van der Waals surface area (Å²) in [6, 6.07) is 4.30. The van der Waals surface area contributed by atoms with Gasteiger partial charge in [0.1, 0.15) is 11.6 Å². The van der Waals surface area contributed by atoms with Crippen LogP contribution in [0.1, 0.15) is 31.5 Å². The fourth-order valence-corrected chi connectivity index (χ4v) is 5.45. The lowest BCUT2D eigenvalue weighted by atomic mass is 10.1. The number of rotatable bonds is 3. The fraction of sp³-hybridized carbons (Fsp3) is 0.500. The molecule has 4 rings (SSSR count). The first-order valence-electron chi connectivity index (χ1n) is 9.16. The number of amides is 1. The maximum absolute atomic E-state index is 14.5. The van der Waals surface area contributed by atoms with Crippen LogP contribution >= 0.6 is 0 Å². The van der Waals surface area contributed by atoms with E-state index in [-0.39, 0.29) is 23.0 Å². The van der Waals surface area contributed by atoms with E-state index < -0.39 is 21.6 Å². The molecule has 1 amide bonds. The van der Waals surface area contributed by atoms with Crippen molar-refractivity contribution >= 4 is 21.4 Å². The Kier molecular flexibility index (Phi) is 4.71. The van der Waals surface area contributed by atoms with E-state index in [0.29, 0.717) is 17.9 Å². The van der Waals surface area contributed by atoms with Gasteiger partial charge in [-0.05, 0) is 37.5 Å². The average Bonchev–Trinajstić information content (AvgIpc) is 3.11. The van der Waals surface area contributed by atoms with Crippen molar-refractivity contribution in [2.75, 3.05) is 16.8 Å². The molecule has 0 aliphatic carbocycles. The summed E-state index contributed by atoms with van der Waals surface area (Å²) < 4.78 is 39.6. The summed E-state index contributed by atoms with van der Waals surface area (Å²) in [4.78, 5) is 12.4. The van der Waals surface area contributed by atoms with E-state index in [1.165, 1.54) is 12.1 Å². The highest BCUT2D eigenvalue weighted by Gasteiger charge is 2.33. The molecule has 0 saturated carbocycles. The number of nitrogens with one attached hydrogen (secondary N) is 1. The van der Waals surface area contributed by atoms with Gasteiger partial charge in [-0.15, -0.1) is 10.2 Å². The molecule has 0 spiro atoms. The Morgan fingerprint density at radius 3 is 2.85 bits per heavy atom. The zero-order valence-corrected chi connectivity index (χ0v) is 15.6. The van der Waals surface area contributed by atoms with Crippen LogP contribution in [0, 0.1) is 11.7 Å². The van der Waals surface area contributed by atoms with E-state index >= 15 is 0 Å². The van der Waals surface area contributed by atoms with Crippen LogP contribution in [0.5, 0.6) is 0 Å². The van der Waals surface area contributed by atoms with Gasteiger partial charge in [0.25, 0.3) is 0 Å². The number of anilines is 1. The minimum Gasteiger partial charge on any atom is -0.326 e. The molecule has 2 aliphatic rings. The number of halogens is 1. The van der Waals surface area contributed by atoms with Gasteiger partial charge in [-0.25, -0.2) is 12.8 Å². The predicted molar refractivity (Wildman–Crippen MR) is 98.4 cm³/mol. The number of nitrogens with zero attached hydrogens (tertiary/aromatic N) is 3. The molecule has 0 bridgehead atoms. The largest absolute Gasteiger partial charge is 0.326 e. The molecule has 27 heavy (non-hydrogen) atoms. The smallest absolute Gasteiger partial charge is 0.228 e. The van der Waals surface area contributed by atoms with Crippen molar-refractivity contribution in [3.63, 3.8) is 0 Å². The second-order valence-corrected chi connectivity index (χ2v) is 9.41. The minimum atomic E-state index is -3.14. The van der Waals surface area contributed by atoms with Crippen molar-refractivity contribution in [1.29, 1.82) is 0 Å². The van der Waals surface area contributed by atoms with Crippen LogP contribution < -0.4 is 5.32 Å². The fourth-order valence-electron chi connectivity index (χ4n) is 3.70. The van der Waals surface area contributed by atoms with Crippen LogP contribution in [0.25, 0.3) is 11.4 Å². The lowest BCUT2D eigenvalue weighted by molar-refractivity contribution is -0.119. The summed E-state index contributed by atoms with van der Waals surface area (Å²) in [5.74, 6) is -0.134. The standard InChI is InChI=1S/C18H21FN4O3S/c19-15-6-5-13(20-18(24)12-7-9-27(25,26)11-12)10-14(15)17-22-21-16-4-2-1-3-8-23(16)17/h5-6,10,12H,1-4,7-9,11H2,(H,20,24). The van der Waals surface area contributed by atoms with Gasteiger partial charge in [-0.3, -0.25) is 4.79 Å². The monoisotopic (exact) mass is 392 g/mol. The lowest BCUT2D eigenvalue weighted by Gasteiger charge is -2.12. The third-order valence-electron chi connectivity index (χ3n) is 5.19. The zero-order chi connectivity index (χ0) is 19.0. The molecule has 1 N–H and O–H groups in total. The van der Waals surface area contributed by atoms with Gasteiger partial charge in [0.2, 0.25) is 5.91 Å². The third-order valence-corrected chi connectivity index (χ3v) is 6.96. The summed E-state index contributed by atoms with van der Waals surface area (Å²) in [6.45, 7) is 0.744. The van der Waals surface area contributed by atoms with Crippen LogP contribution in [0.2, 0.25) is 0 Å². The highest BCUT2D eigenvalue weighted by atomic mass is 32.2. The molecule has 1 aromatic heterocycles. The summed E-state index contributed by atoms with van der Waals surface area (Å²) in [7, 11) is -3.14. The predicted octanol–water partition coefficient (Wildman–Crippen LogP) is 2.18. The second kappa shape index (κ2) is 7.03. The molecular weight excluding hydrogens is 371 g/mol. The third kappa shape index (κ3) is 3.73. The molecule has 144 valence electrons. The van der Waals surface area contributed by atoms with E-state index in [9.17, 15) is 17.6 Å². The number of carbonyl (C=O) groups is 1. The Morgan fingerprint density at radius 1 is 1.22 bits per heavy atom. The lowest BCUT2D eigenvalue weighted by Crippen LogP contribution is -2.23. The number of carbonyl (C=O) groups excluding carboxylic acids is 1. The number of hydrogen-bond acceptors (Lipinski definition) is 5. The Morgan fingerprint density at radius 2 is 2.07 bits per heavy atom. The Bertz CT molecular complexity index is 986. The summed E-state index contributed by atoms with van der Waals surface area (Å²) in [5.41, 5.74) is 0.708. The van der Waals surface area contributed by atoms with E-state index in [0.717, 1.165) is 38.1 Å². The molecule has 9 heteroatoms. The van der Waals surface area contributed by atoms with E-state index in [1.807, 2.05) is 4.57 Å². The minimum absolute atomic E-state index is 0.0334. The van der Waals surface area contributed by atoms with Crippen LogP contribution in [-0.4, -0.2) is 40.6 Å². The van der Waals surface area contributed by atoms with E-state index in [1.54, 1.807) is 6.07 Å². The normalized spacial score (nSPS) is 21.4. The molecule has 1 aromatic carbocycles. The van der Waals surface area contributed by atoms with Crippen LogP contribution in [0.15, 0.2) is 18.2 Å². The molecular formula is C18H21FN4O3S. The average molecular weight is 392 g/mol. The molecule has 7 nitrogen and oxygen atoms in total. The molecule has 2 aromatic rings. The van der Waals surface area contributed by atoms with Gasteiger partial charge in [-0.2, -0.15) is 0 Å². The van der Waals surface area contributed by atoms with Crippen molar-refractivity contribution in [3.05, 3.63) is 29.8 Å². The Balaban J connectivity index is 1.59. The number of hydrogen-bond donors (Lipinski definition) is 1. The summed E-state index contributed by atoms with van der Waals surface area (Å²) in [6.07, 6.45) is 4.28. The maximum atomic E-state index is 14.5. The van der Waals surface area contributed by atoms with Crippen molar-refractivity contribution in [3.8, 4) is 11.4 Å².